The highest BCUT2D eigenvalue weighted by molar-refractivity contribution is 7.92. The number of sulfonamides is 1. The largest absolute Gasteiger partial charge is 0.477 e. The van der Waals surface area contributed by atoms with Gasteiger partial charge in [0.2, 0.25) is 0 Å². The molecule has 2 rings (SSSR count). The molecular formula is C12H16N4O4S. The number of H-pyrrole nitrogens is 1. The Labute approximate surface area is 121 Å². The van der Waals surface area contributed by atoms with Gasteiger partial charge < -0.3 is 9.67 Å². The second-order valence-electron chi connectivity index (χ2n) is 4.90. The number of aromatic amines is 1. The van der Waals surface area contributed by atoms with Crippen molar-refractivity contribution < 1.29 is 18.3 Å². The Morgan fingerprint density at radius 1 is 1.48 bits per heavy atom. The number of hydrogen-bond donors (Lipinski definition) is 3. The van der Waals surface area contributed by atoms with Crippen molar-refractivity contribution in [2.45, 2.75) is 31.7 Å². The van der Waals surface area contributed by atoms with E-state index >= 15 is 0 Å². The molecule has 2 aromatic heterocycles. The quantitative estimate of drug-likeness (QED) is 0.775. The Bertz CT molecular complexity index is 773. The van der Waals surface area contributed by atoms with Crippen molar-refractivity contribution in [1.29, 1.82) is 0 Å². The number of anilines is 1. The zero-order valence-corrected chi connectivity index (χ0v) is 12.6. The summed E-state index contributed by atoms with van der Waals surface area (Å²) in [5.74, 6) is -0.924. The summed E-state index contributed by atoms with van der Waals surface area (Å²) in [4.78, 5) is 11.1. The van der Waals surface area contributed by atoms with Gasteiger partial charge in [-0.25, -0.2) is 13.2 Å². The molecule has 114 valence electrons. The zero-order valence-electron chi connectivity index (χ0n) is 11.8. The van der Waals surface area contributed by atoms with E-state index in [9.17, 15) is 13.2 Å². The Morgan fingerprint density at radius 3 is 2.57 bits per heavy atom. The van der Waals surface area contributed by atoms with E-state index in [1.54, 1.807) is 20.8 Å². The van der Waals surface area contributed by atoms with Crippen LogP contribution in [0.25, 0.3) is 0 Å². The van der Waals surface area contributed by atoms with Crippen LogP contribution in [-0.2, 0) is 10.0 Å². The molecule has 0 saturated carbocycles. The first-order valence-corrected chi connectivity index (χ1v) is 7.68. The molecule has 21 heavy (non-hydrogen) atoms. The number of carboxylic acid groups (broad SMARTS) is 1. The van der Waals surface area contributed by atoms with Gasteiger partial charge in [0.25, 0.3) is 10.0 Å². The molecule has 3 N–H and O–H groups in total. The van der Waals surface area contributed by atoms with Gasteiger partial charge in [-0.15, -0.1) is 0 Å². The van der Waals surface area contributed by atoms with Crippen molar-refractivity contribution in [3.63, 3.8) is 0 Å². The molecule has 0 amide bonds. The Morgan fingerprint density at radius 2 is 2.14 bits per heavy atom. The number of hydrogen-bond acceptors (Lipinski definition) is 4. The molecular weight excluding hydrogens is 296 g/mol. The van der Waals surface area contributed by atoms with Crippen LogP contribution in [0.3, 0.4) is 0 Å². The van der Waals surface area contributed by atoms with E-state index in [-0.39, 0.29) is 22.4 Å². The number of aryl methyl sites for hydroxylation is 1. The third-order valence-electron chi connectivity index (χ3n) is 2.97. The molecule has 2 heterocycles. The Hall–Kier alpha value is -2.29. The lowest BCUT2D eigenvalue weighted by Crippen LogP contribution is -2.13. The maximum Gasteiger partial charge on any atom is 0.352 e. The molecule has 0 aliphatic rings. The Balaban J connectivity index is 2.43. The molecule has 0 atom stereocenters. The standard InChI is InChI=1S/C12H16N4O4S/c1-7(2)16-6-9(4-10(16)12(17)18)21(19,20)15-11-8(3)5-13-14-11/h4-7H,1-3H3,(H,17,18)(H2,13,14,15). The number of nitrogens with zero attached hydrogens (tertiary/aromatic N) is 2. The normalized spacial score (nSPS) is 11.8. The van der Waals surface area contributed by atoms with Crippen molar-refractivity contribution in [1.82, 2.24) is 14.8 Å². The molecule has 0 aromatic carbocycles. The number of aromatic carboxylic acids is 1. The van der Waals surface area contributed by atoms with Crippen molar-refractivity contribution >= 4 is 21.8 Å². The maximum atomic E-state index is 12.3. The molecule has 0 bridgehead atoms. The van der Waals surface area contributed by atoms with E-state index in [1.807, 2.05) is 0 Å². The first-order chi connectivity index (χ1) is 9.72. The fraction of sp³-hybridized carbons (Fsp3) is 0.333. The summed E-state index contributed by atoms with van der Waals surface area (Å²) in [7, 11) is -3.88. The smallest absolute Gasteiger partial charge is 0.352 e. The molecule has 0 saturated heterocycles. The molecule has 8 nitrogen and oxygen atoms in total. The van der Waals surface area contributed by atoms with E-state index in [0.29, 0.717) is 5.56 Å². The van der Waals surface area contributed by atoms with Crippen molar-refractivity contribution in [2.24, 2.45) is 0 Å². The number of carbonyl (C=O) groups is 1. The Kier molecular flexibility index (Phi) is 3.77. The molecule has 2 aromatic rings. The lowest BCUT2D eigenvalue weighted by Gasteiger charge is -2.09. The van der Waals surface area contributed by atoms with Crippen molar-refractivity contribution in [3.05, 3.63) is 29.7 Å². The summed E-state index contributed by atoms with van der Waals surface area (Å²) in [6.45, 7) is 5.24. The minimum atomic E-state index is -3.88. The van der Waals surface area contributed by atoms with E-state index < -0.39 is 16.0 Å². The van der Waals surface area contributed by atoms with Crippen LogP contribution in [0.15, 0.2) is 23.4 Å². The highest BCUT2D eigenvalue weighted by atomic mass is 32.2. The SMILES string of the molecule is Cc1cn[nH]c1NS(=O)(=O)c1cc(C(=O)O)n(C(C)C)c1. The second kappa shape index (κ2) is 5.24. The van der Waals surface area contributed by atoms with E-state index in [1.165, 1.54) is 17.0 Å². The number of carboxylic acids is 1. The summed E-state index contributed by atoms with van der Waals surface area (Å²) in [6, 6.07) is 0.963. The molecule has 0 aliphatic heterocycles. The third kappa shape index (κ3) is 2.92. The van der Waals surface area contributed by atoms with Gasteiger partial charge in [0.05, 0.1) is 6.20 Å². The van der Waals surface area contributed by atoms with Crippen LogP contribution in [-0.4, -0.2) is 34.3 Å². The minimum absolute atomic E-state index is 0.0771. The first kappa shape index (κ1) is 15.1. The molecule has 0 fully saturated rings. The van der Waals surface area contributed by atoms with Gasteiger partial charge in [-0.1, -0.05) is 0 Å². The number of rotatable bonds is 5. The van der Waals surface area contributed by atoms with Gasteiger partial charge in [0.1, 0.15) is 16.4 Å². The zero-order chi connectivity index (χ0) is 15.8. The van der Waals surface area contributed by atoms with Gasteiger partial charge in [-0.05, 0) is 26.8 Å². The van der Waals surface area contributed by atoms with Crippen LogP contribution >= 0.6 is 0 Å². The fourth-order valence-electron chi connectivity index (χ4n) is 1.84. The summed E-state index contributed by atoms with van der Waals surface area (Å²) < 4.78 is 28.3. The average Bonchev–Trinajstić information content (AvgIpc) is 2.96. The van der Waals surface area contributed by atoms with Crippen LogP contribution in [0.4, 0.5) is 5.82 Å². The van der Waals surface area contributed by atoms with Gasteiger partial charge in [0.15, 0.2) is 0 Å². The van der Waals surface area contributed by atoms with Gasteiger partial charge >= 0.3 is 5.97 Å². The molecule has 0 radical (unpaired) electrons. The summed E-state index contributed by atoms with van der Waals surface area (Å²) in [5.41, 5.74) is 0.562. The molecule has 0 unspecified atom stereocenters. The first-order valence-electron chi connectivity index (χ1n) is 6.20. The van der Waals surface area contributed by atoms with Crippen molar-refractivity contribution in [3.8, 4) is 0 Å². The monoisotopic (exact) mass is 312 g/mol. The molecule has 9 heteroatoms. The van der Waals surface area contributed by atoms with E-state index in [0.717, 1.165) is 6.07 Å². The van der Waals surface area contributed by atoms with Crippen LogP contribution in [0.5, 0.6) is 0 Å². The van der Waals surface area contributed by atoms with Gasteiger partial charge in [-0.2, -0.15) is 5.10 Å². The number of aromatic nitrogens is 3. The lowest BCUT2D eigenvalue weighted by molar-refractivity contribution is 0.0683. The van der Waals surface area contributed by atoms with Crippen molar-refractivity contribution in [2.75, 3.05) is 4.72 Å². The van der Waals surface area contributed by atoms with Gasteiger partial charge in [0, 0.05) is 17.8 Å². The second-order valence-corrected chi connectivity index (χ2v) is 6.58. The molecule has 0 spiro atoms. The third-order valence-corrected chi connectivity index (χ3v) is 4.29. The summed E-state index contributed by atoms with van der Waals surface area (Å²) >= 11 is 0. The van der Waals surface area contributed by atoms with Crippen LogP contribution in [0.2, 0.25) is 0 Å². The van der Waals surface area contributed by atoms with Gasteiger partial charge in [-0.3, -0.25) is 9.82 Å². The minimum Gasteiger partial charge on any atom is -0.477 e. The van der Waals surface area contributed by atoms with Crippen LogP contribution < -0.4 is 4.72 Å². The van der Waals surface area contributed by atoms with Crippen LogP contribution in [0, 0.1) is 6.92 Å². The van der Waals surface area contributed by atoms with Crippen LogP contribution in [0.1, 0.15) is 35.9 Å². The summed E-state index contributed by atoms with van der Waals surface area (Å²) in [5, 5.41) is 15.4. The van der Waals surface area contributed by atoms with E-state index in [2.05, 4.69) is 14.9 Å². The predicted octanol–water partition coefficient (Wildman–Crippen LogP) is 1.60. The highest BCUT2D eigenvalue weighted by Crippen LogP contribution is 2.22. The highest BCUT2D eigenvalue weighted by Gasteiger charge is 2.23. The maximum absolute atomic E-state index is 12.3. The predicted molar refractivity (Wildman–Crippen MR) is 75.9 cm³/mol. The number of nitrogens with one attached hydrogen (secondary N) is 2. The fourth-order valence-corrected chi connectivity index (χ4v) is 2.95. The lowest BCUT2D eigenvalue weighted by atomic mass is 10.3. The molecule has 0 aliphatic carbocycles. The topological polar surface area (TPSA) is 117 Å². The summed E-state index contributed by atoms with van der Waals surface area (Å²) in [6.07, 6.45) is 2.79. The van der Waals surface area contributed by atoms with E-state index in [4.69, 9.17) is 5.11 Å². The average molecular weight is 312 g/mol.